The topological polar surface area (TPSA) is 29.4 Å². The lowest BCUT2D eigenvalue weighted by molar-refractivity contribution is 0.100. The first-order valence-electron chi connectivity index (χ1n) is 9.01. The Hall–Kier alpha value is -2.22. The van der Waals surface area contributed by atoms with Gasteiger partial charge in [-0.1, -0.05) is 73.9 Å². The highest BCUT2D eigenvalue weighted by atomic mass is 16.1. The highest BCUT2D eigenvalue weighted by molar-refractivity contribution is 6.16. The summed E-state index contributed by atoms with van der Waals surface area (Å²) in [7, 11) is 0. The van der Waals surface area contributed by atoms with Crippen LogP contribution >= 0.6 is 0 Å². The molecule has 1 heterocycles. The Morgan fingerprint density at radius 2 is 1.62 bits per heavy atom. The van der Waals surface area contributed by atoms with Crippen molar-refractivity contribution < 1.29 is 4.79 Å². The zero-order chi connectivity index (χ0) is 16.4. The first-order valence-corrected chi connectivity index (χ1v) is 9.01. The van der Waals surface area contributed by atoms with E-state index in [0.29, 0.717) is 6.42 Å². The average molecular weight is 317 g/mol. The Labute approximate surface area is 143 Å². The monoisotopic (exact) mass is 317 g/mol. The van der Waals surface area contributed by atoms with Gasteiger partial charge in [0.1, 0.15) is 0 Å². The largest absolute Gasteiger partial charge is 0.294 e. The maximum Gasteiger partial charge on any atom is 0.168 e. The lowest BCUT2D eigenvalue weighted by Crippen LogP contribution is -2.37. The fraction of sp³-hybridized carbons (Fsp3) is 0.364. The summed E-state index contributed by atoms with van der Waals surface area (Å²) in [6.07, 6.45) is 7.58. The van der Waals surface area contributed by atoms with E-state index in [1.807, 2.05) is 30.3 Å². The zero-order valence-electron chi connectivity index (χ0n) is 14.0. The van der Waals surface area contributed by atoms with Crippen LogP contribution in [0.3, 0.4) is 0 Å². The van der Waals surface area contributed by atoms with Crippen molar-refractivity contribution in [3.05, 3.63) is 71.3 Å². The van der Waals surface area contributed by atoms with Crippen LogP contribution in [0.15, 0.2) is 59.6 Å². The third kappa shape index (κ3) is 2.93. The fourth-order valence-electron chi connectivity index (χ4n) is 4.21. The molecule has 1 aliphatic heterocycles. The number of fused-ring (bicyclic) bond motifs is 1. The predicted molar refractivity (Wildman–Crippen MR) is 97.9 cm³/mol. The molecule has 1 aliphatic carbocycles. The number of benzene rings is 2. The average Bonchev–Trinajstić information content (AvgIpc) is 2.63. The van der Waals surface area contributed by atoms with E-state index in [1.165, 1.54) is 30.4 Å². The van der Waals surface area contributed by atoms with E-state index in [2.05, 4.69) is 24.3 Å². The number of rotatable bonds is 3. The van der Waals surface area contributed by atoms with Crippen molar-refractivity contribution in [1.29, 1.82) is 0 Å². The van der Waals surface area contributed by atoms with Crippen molar-refractivity contribution in [3.8, 4) is 0 Å². The number of Topliss-reactive ketones (excluding diaryl/α,β-unsaturated/α-hetero) is 1. The van der Waals surface area contributed by atoms with Gasteiger partial charge in [0.2, 0.25) is 0 Å². The Balaban J connectivity index is 1.69. The van der Waals surface area contributed by atoms with Crippen LogP contribution in [0.25, 0.3) is 0 Å². The molecule has 0 aromatic heterocycles. The van der Waals surface area contributed by atoms with Crippen molar-refractivity contribution in [2.45, 2.75) is 50.5 Å². The van der Waals surface area contributed by atoms with Gasteiger partial charge >= 0.3 is 0 Å². The van der Waals surface area contributed by atoms with Gasteiger partial charge in [-0.15, -0.1) is 0 Å². The maximum atomic E-state index is 12.7. The summed E-state index contributed by atoms with van der Waals surface area (Å²) in [6.45, 7) is 0. The third-order valence-electron chi connectivity index (χ3n) is 5.43. The van der Waals surface area contributed by atoms with Gasteiger partial charge in [-0.05, 0) is 30.4 Å². The van der Waals surface area contributed by atoms with Crippen molar-refractivity contribution in [1.82, 2.24) is 0 Å². The van der Waals surface area contributed by atoms with Gasteiger partial charge in [0.25, 0.3) is 0 Å². The summed E-state index contributed by atoms with van der Waals surface area (Å²) in [4.78, 5) is 17.9. The van der Waals surface area contributed by atoms with E-state index in [9.17, 15) is 4.79 Å². The van der Waals surface area contributed by atoms with Crippen molar-refractivity contribution in [2.24, 2.45) is 4.99 Å². The van der Waals surface area contributed by atoms with Crippen LogP contribution in [-0.2, 0) is 6.42 Å². The first-order chi connectivity index (χ1) is 11.8. The van der Waals surface area contributed by atoms with Crippen molar-refractivity contribution >= 4 is 11.5 Å². The van der Waals surface area contributed by atoms with Crippen LogP contribution < -0.4 is 0 Å². The smallest absolute Gasteiger partial charge is 0.168 e. The standard InChI is InChI=1S/C22H23NO/c24-21(17-9-3-1-4-10-17)15-20-19-12-6-5-11-18(19)16-22(23-20)13-7-2-8-14-22/h1,3-6,9-12H,2,7-8,13-16H2. The Morgan fingerprint density at radius 3 is 2.42 bits per heavy atom. The lowest BCUT2D eigenvalue weighted by Gasteiger charge is -2.38. The quantitative estimate of drug-likeness (QED) is 0.732. The molecule has 0 N–H and O–H groups in total. The summed E-state index contributed by atoms with van der Waals surface area (Å²) in [6, 6.07) is 18.1. The minimum Gasteiger partial charge on any atom is -0.294 e. The second-order valence-electron chi connectivity index (χ2n) is 7.14. The molecule has 1 fully saturated rings. The molecule has 2 heteroatoms. The number of carbonyl (C=O) groups excluding carboxylic acids is 1. The number of hydrogen-bond acceptors (Lipinski definition) is 2. The molecule has 0 atom stereocenters. The number of hydrogen-bond donors (Lipinski definition) is 0. The van der Waals surface area contributed by atoms with Crippen LogP contribution in [0, 0.1) is 0 Å². The second-order valence-corrected chi connectivity index (χ2v) is 7.14. The summed E-state index contributed by atoms with van der Waals surface area (Å²) in [5.74, 6) is 0.164. The van der Waals surface area contributed by atoms with Gasteiger partial charge < -0.3 is 0 Å². The summed E-state index contributed by atoms with van der Waals surface area (Å²) < 4.78 is 0. The number of nitrogens with zero attached hydrogens (tertiary/aromatic N) is 1. The SMILES string of the molecule is O=C(CC1=NC2(CCCCC2)Cc2ccccc21)c1ccccc1. The number of carbonyl (C=O) groups is 1. The van der Waals surface area contributed by atoms with Crippen LogP contribution in [0.4, 0.5) is 0 Å². The molecule has 1 saturated carbocycles. The molecule has 4 rings (SSSR count). The molecular formula is C22H23NO. The molecule has 2 aliphatic rings. The minimum atomic E-state index is 0.0406. The number of aliphatic imine (C=N–C) groups is 1. The molecule has 0 radical (unpaired) electrons. The molecule has 2 nitrogen and oxygen atoms in total. The molecule has 0 bridgehead atoms. The van der Waals surface area contributed by atoms with Crippen LogP contribution in [-0.4, -0.2) is 17.0 Å². The predicted octanol–water partition coefficient (Wildman–Crippen LogP) is 5.01. The second kappa shape index (κ2) is 6.35. The van der Waals surface area contributed by atoms with E-state index in [0.717, 1.165) is 30.5 Å². The highest BCUT2D eigenvalue weighted by Gasteiger charge is 2.36. The van der Waals surface area contributed by atoms with Crippen LogP contribution in [0.2, 0.25) is 0 Å². The van der Waals surface area contributed by atoms with Crippen LogP contribution in [0.1, 0.15) is 60.0 Å². The number of ketones is 1. The molecule has 122 valence electrons. The maximum absolute atomic E-state index is 12.7. The summed E-state index contributed by atoms with van der Waals surface area (Å²) in [5.41, 5.74) is 4.36. The first kappa shape index (κ1) is 15.3. The molecule has 24 heavy (non-hydrogen) atoms. The summed E-state index contributed by atoms with van der Waals surface area (Å²) in [5, 5.41) is 0. The molecule has 2 aromatic rings. The molecule has 0 saturated heterocycles. The van der Waals surface area contributed by atoms with Gasteiger partial charge in [-0.25, -0.2) is 0 Å². The van der Waals surface area contributed by atoms with Gasteiger partial charge in [-0.3, -0.25) is 9.79 Å². The van der Waals surface area contributed by atoms with Gasteiger partial charge in [0.15, 0.2) is 5.78 Å². The van der Waals surface area contributed by atoms with Crippen molar-refractivity contribution in [2.75, 3.05) is 0 Å². The van der Waals surface area contributed by atoms with E-state index in [-0.39, 0.29) is 11.3 Å². The minimum absolute atomic E-state index is 0.0406. The van der Waals surface area contributed by atoms with Gasteiger partial charge in [0, 0.05) is 5.56 Å². The van der Waals surface area contributed by atoms with E-state index < -0.39 is 0 Å². The van der Waals surface area contributed by atoms with Gasteiger partial charge in [-0.2, -0.15) is 0 Å². The van der Waals surface area contributed by atoms with Gasteiger partial charge in [0.05, 0.1) is 17.7 Å². The fourth-order valence-corrected chi connectivity index (χ4v) is 4.21. The molecular weight excluding hydrogens is 294 g/mol. The molecule has 0 amide bonds. The summed E-state index contributed by atoms with van der Waals surface area (Å²) >= 11 is 0. The lowest BCUT2D eigenvalue weighted by atomic mass is 9.74. The third-order valence-corrected chi connectivity index (χ3v) is 5.43. The zero-order valence-corrected chi connectivity index (χ0v) is 14.0. The Morgan fingerprint density at radius 1 is 0.917 bits per heavy atom. The van der Waals surface area contributed by atoms with Crippen LogP contribution in [0.5, 0.6) is 0 Å². The van der Waals surface area contributed by atoms with E-state index >= 15 is 0 Å². The molecule has 1 spiro atoms. The molecule has 0 unspecified atom stereocenters. The normalized spacial score (nSPS) is 18.8. The molecule has 2 aromatic carbocycles. The van der Waals surface area contributed by atoms with Crippen molar-refractivity contribution in [3.63, 3.8) is 0 Å². The van der Waals surface area contributed by atoms with E-state index in [4.69, 9.17) is 4.99 Å². The van der Waals surface area contributed by atoms with E-state index in [1.54, 1.807) is 0 Å². The Kier molecular flexibility index (Phi) is 4.05. The Bertz CT molecular complexity index is 770. The highest BCUT2D eigenvalue weighted by Crippen LogP contribution is 2.39.